The molecule has 1 saturated carbocycles. The van der Waals surface area contributed by atoms with Crippen molar-refractivity contribution in [2.24, 2.45) is 0 Å². The number of nitrogens with one attached hydrogen (secondary N) is 1. The summed E-state index contributed by atoms with van der Waals surface area (Å²) in [5.41, 5.74) is 2.27. The Labute approximate surface area is 127 Å². The molecule has 1 aromatic rings. The lowest BCUT2D eigenvalue weighted by Gasteiger charge is -2.33. The van der Waals surface area contributed by atoms with Crippen molar-refractivity contribution in [2.45, 2.75) is 70.6 Å². The van der Waals surface area contributed by atoms with E-state index in [0.717, 1.165) is 32.1 Å². The highest BCUT2D eigenvalue weighted by molar-refractivity contribution is 5.92. The molecule has 3 heteroatoms. The van der Waals surface area contributed by atoms with E-state index in [1.807, 2.05) is 0 Å². The minimum atomic E-state index is -0.242. The molecule has 3 rings (SSSR count). The van der Waals surface area contributed by atoms with Gasteiger partial charge >= 0.3 is 0 Å². The fourth-order valence-corrected chi connectivity index (χ4v) is 3.61. The van der Waals surface area contributed by atoms with Crippen molar-refractivity contribution in [2.75, 3.05) is 0 Å². The van der Waals surface area contributed by atoms with Gasteiger partial charge in [-0.05, 0) is 43.7 Å². The van der Waals surface area contributed by atoms with E-state index in [1.54, 1.807) is 0 Å². The molecular formula is C18H26N2O. The van der Waals surface area contributed by atoms with Crippen LogP contribution in [0.3, 0.4) is 0 Å². The average molecular weight is 286 g/mol. The Kier molecular flexibility index (Phi) is 3.78. The van der Waals surface area contributed by atoms with Gasteiger partial charge in [-0.15, -0.1) is 0 Å². The van der Waals surface area contributed by atoms with Gasteiger partial charge in [-0.1, -0.05) is 44.5 Å². The first-order valence-electron chi connectivity index (χ1n) is 8.29. The maximum Gasteiger partial charge on any atom is 0.244 e. The summed E-state index contributed by atoms with van der Waals surface area (Å²) in [5.74, 6) is 0.330. The van der Waals surface area contributed by atoms with Crippen LogP contribution in [0.25, 0.3) is 0 Å². The van der Waals surface area contributed by atoms with Crippen LogP contribution in [0.5, 0.6) is 0 Å². The standard InChI is InChI=1S/C18H26N2O/c1-4-8-14(5-2)20-16(15-10-7-6-9-13(15)3)19-18(11-12-18)17(20)21/h6-7,9-10,14,16,19H,4-5,8,11-12H2,1-3H3. The molecule has 0 radical (unpaired) electrons. The number of hydrogen-bond acceptors (Lipinski definition) is 2. The fraction of sp³-hybridized carbons (Fsp3) is 0.611. The number of amides is 1. The number of carbonyl (C=O) groups is 1. The largest absolute Gasteiger partial charge is 0.318 e. The molecular weight excluding hydrogens is 260 g/mol. The minimum absolute atomic E-state index is 0.0534. The molecule has 1 saturated heterocycles. The first kappa shape index (κ1) is 14.6. The Hall–Kier alpha value is -1.35. The number of nitrogens with zero attached hydrogens (tertiary/aromatic N) is 1. The average Bonchev–Trinajstić information content (AvgIpc) is 3.21. The van der Waals surface area contributed by atoms with Crippen molar-refractivity contribution in [3.05, 3.63) is 35.4 Å². The monoisotopic (exact) mass is 286 g/mol. The molecule has 114 valence electrons. The zero-order valence-corrected chi connectivity index (χ0v) is 13.4. The van der Waals surface area contributed by atoms with Crippen LogP contribution in [-0.2, 0) is 4.79 Å². The molecule has 0 aromatic heterocycles. The van der Waals surface area contributed by atoms with Gasteiger partial charge in [0.15, 0.2) is 0 Å². The third kappa shape index (κ3) is 2.38. The molecule has 2 unspecified atom stereocenters. The Balaban J connectivity index is 1.97. The Morgan fingerprint density at radius 3 is 2.62 bits per heavy atom. The molecule has 1 aliphatic carbocycles. The maximum atomic E-state index is 12.9. The number of aryl methyl sites for hydroxylation is 1. The predicted molar refractivity (Wildman–Crippen MR) is 84.9 cm³/mol. The van der Waals surface area contributed by atoms with Gasteiger partial charge in [-0.25, -0.2) is 0 Å². The van der Waals surface area contributed by atoms with Crippen LogP contribution in [0.1, 0.15) is 63.2 Å². The van der Waals surface area contributed by atoms with Crippen LogP contribution in [-0.4, -0.2) is 22.4 Å². The lowest BCUT2D eigenvalue weighted by atomic mass is 10.0. The molecule has 2 atom stereocenters. The van der Waals surface area contributed by atoms with Crippen LogP contribution in [0.4, 0.5) is 0 Å². The minimum Gasteiger partial charge on any atom is -0.318 e. The van der Waals surface area contributed by atoms with Crippen molar-refractivity contribution in [1.29, 1.82) is 0 Å². The SMILES string of the molecule is CCCC(CC)N1C(=O)C2(CC2)NC1c1ccccc1C. The van der Waals surface area contributed by atoms with Crippen LogP contribution in [0.15, 0.2) is 24.3 Å². The Morgan fingerprint density at radius 1 is 1.33 bits per heavy atom. The number of hydrogen-bond donors (Lipinski definition) is 1. The highest BCUT2D eigenvalue weighted by Gasteiger charge is 2.60. The number of rotatable bonds is 5. The molecule has 1 N–H and O–H groups in total. The van der Waals surface area contributed by atoms with E-state index in [4.69, 9.17) is 0 Å². The quantitative estimate of drug-likeness (QED) is 0.898. The van der Waals surface area contributed by atoms with E-state index >= 15 is 0 Å². The van der Waals surface area contributed by atoms with E-state index in [-0.39, 0.29) is 11.7 Å². The first-order chi connectivity index (χ1) is 10.1. The topological polar surface area (TPSA) is 32.3 Å². The van der Waals surface area contributed by atoms with Gasteiger partial charge in [-0.3, -0.25) is 10.1 Å². The number of benzene rings is 1. The molecule has 1 aliphatic heterocycles. The molecule has 1 aromatic carbocycles. The van der Waals surface area contributed by atoms with Crippen LogP contribution in [0.2, 0.25) is 0 Å². The second kappa shape index (κ2) is 5.45. The Bertz CT molecular complexity index is 536. The predicted octanol–water partition coefficient (Wildman–Crippen LogP) is 3.54. The second-order valence-corrected chi connectivity index (χ2v) is 6.55. The Morgan fingerprint density at radius 2 is 2.05 bits per heavy atom. The summed E-state index contributed by atoms with van der Waals surface area (Å²) in [6.45, 7) is 6.53. The van der Waals surface area contributed by atoms with Crippen molar-refractivity contribution in [3.8, 4) is 0 Å². The van der Waals surface area contributed by atoms with Crippen LogP contribution < -0.4 is 5.32 Å². The smallest absolute Gasteiger partial charge is 0.244 e. The summed E-state index contributed by atoms with van der Waals surface area (Å²) in [6, 6.07) is 8.78. The maximum absolute atomic E-state index is 12.9. The van der Waals surface area contributed by atoms with Gasteiger partial charge in [0, 0.05) is 6.04 Å². The molecule has 1 amide bonds. The number of carbonyl (C=O) groups excluding carboxylic acids is 1. The molecule has 0 bridgehead atoms. The fourth-order valence-electron chi connectivity index (χ4n) is 3.61. The highest BCUT2D eigenvalue weighted by Crippen LogP contribution is 2.47. The normalized spacial score (nSPS) is 24.6. The summed E-state index contributed by atoms with van der Waals surface area (Å²) >= 11 is 0. The van der Waals surface area contributed by atoms with E-state index in [9.17, 15) is 4.79 Å². The molecule has 2 fully saturated rings. The molecule has 2 aliphatic rings. The van der Waals surface area contributed by atoms with Crippen molar-refractivity contribution in [3.63, 3.8) is 0 Å². The van der Waals surface area contributed by atoms with Gasteiger partial charge in [0.25, 0.3) is 0 Å². The highest BCUT2D eigenvalue weighted by atomic mass is 16.2. The van der Waals surface area contributed by atoms with Gasteiger partial charge < -0.3 is 4.90 Å². The zero-order chi connectivity index (χ0) is 15.0. The molecule has 1 heterocycles. The van der Waals surface area contributed by atoms with Crippen molar-refractivity contribution < 1.29 is 4.79 Å². The third-order valence-corrected chi connectivity index (χ3v) is 5.05. The van der Waals surface area contributed by atoms with E-state index in [0.29, 0.717) is 11.9 Å². The third-order valence-electron chi connectivity index (χ3n) is 5.05. The van der Waals surface area contributed by atoms with Gasteiger partial charge in [0.1, 0.15) is 11.7 Å². The summed E-state index contributed by atoms with van der Waals surface area (Å²) in [5, 5.41) is 3.65. The molecule has 1 spiro atoms. The van der Waals surface area contributed by atoms with Crippen LogP contribution >= 0.6 is 0 Å². The summed E-state index contributed by atoms with van der Waals surface area (Å²) < 4.78 is 0. The van der Waals surface area contributed by atoms with Gasteiger partial charge in [0.2, 0.25) is 5.91 Å². The van der Waals surface area contributed by atoms with E-state index in [1.165, 1.54) is 11.1 Å². The first-order valence-corrected chi connectivity index (χ1v) is 8.29. The van der Waals surface area contributed by atoms with Gasteiger partial charge in [-0.2, -0.15) is 0 Å². The van der Waals surface area contributed by atoms with E-state index < -0.39 is 0 Å². The van der Waals surface area contributed by atoms with E-state index in [2.05, 4.69) is 55.3 Å². The summed E-state index contributed by atoms with van der Waals surface area (Å²) in [6.07, 6.45) is 5.27. The zero-order valence-electron chi connectivity index (χ0n) is 13.4. The molecule has 21 heavy (non-hydrogen) atoms. The van der Waals surface area contributed by atoms with Crippen LogP contribution in [0, 0.1) is 6.92 Å². The van der Waals surface area contributed by atoms with Crippen molar-refractivity contribution >= 4 is 5.91 Å². The lowest BCUT2D eigenvalue weighted by molar-refractivity contribution is -0.133. The molecule has 3 nitrogen and oxygen atoms in total. The lowest BCUT2D eigenvalue weighted by Crippen LogP contribution is -2.40. The summed E-state index contributed by atoms with van der Waals surface area (Å²) in [4.78, 5) is 15.1. The van der Waals surface area contributed by atoms with Gasteiger partial charge in [0.05, 0.1) is 0 Å². The van der Waals surface area contributed by atoms with Crippen molar-refractivity contribution in [1.82, 2.24) is 10.2 Å². The summed E-state index contributed by atoms with van der Waals surface area (Å²) in [7, 11) is 0. The second-order valence-electron chi connectivity index (χ2n) is 6.55.